The van der Waals surface area contributed by atoms with Crippen molar-refractivity contribution in [2.75, 3.05) is 0 Å². The van der Waals surface area contributed by atoms with Gasteiger partial charge in [-0.3, -0.25) is 19.7 Å². The first-order chi connectivity index (χ1) is 9.12. The maximum absolute atomic E-state index is 12.3. The van der Waals surface area contributed by atoms with Crippen molar-refractivity contribution in [2.24, 2.45) is 0 Å². The first-order valence-corrected chi connectivity index (χ1v) is 6.32. The topological polar surface area (TPSA) is 75.3 Å². The molecular formula is C14H14N2O3. The van der Waals surface area contributed by atoms with Crippen molar-refractivity contribution in [3.05, 3.63) is 35.9 Å². The molecule has 1 unspecified atom stereocenters. The summed E-state index contributed by atoms with van der Waals surface area (Å²) in [6.07, 6.45) is 1.60. The zero-order valence-corrected chi connectivity index (χ0v) is 10.3. The van der Waals surface area contributed by atoms with Gasteiger partial charge in [0.1, 0.15) is 6.04 Å². The summed E-state index contributed by atoms with van der Waals surface area (Å²) in [7, 11) is 0. The largest absolute Gasteiger partial charge is 0.343 e. The Morgan fingerprint density at radius 1 is 1.21 bits per heavy atom. The highest BCUT2D eigenvalue weighted by atomic mass is 16.2. The van der Waals surface area contributed by atoms with E-state index in [9.17, 15) is 14.4 Å². The summed E-state index contributed by atoms with van der Waals surface area (Å²) in [5.74, 6) is -0.907. The van der Waals surface area contributed by atoms with Gasteiger partial charge in [-0.1, -0.05) is 30.3 Å². The van der Waals surface area contributed by atoms with Crippen molar-refractivity contribution >= 4 is 17.7 Å². The Balaban J connectivity index is 1.75. The molecule has 5 heteroatoms. The number of carbonyl (C=O) groups excluding carboxylic acids is 3. The van der Waals surface area contributed by atoms with Gasteiger partial charge in [0, 0.05) is 0 Å². The number of imide groups is 1. The highest BCUT2D eigenvalue weighted by molar-refractivity contribution is 6.07. The van der Waals surface area contributed by atoms with Gasteiger partial charge in [-0.2, -0.15) is 0 Å². The molecule has 1 atom stereocenters. The van der Waals surface area contributed by atoms with Crippen molar-refractivity contribution in [3.8, 4) is 0 Å². The first kappa shape index (κ1) is 11.9. The molecule has 2 N–H and O–H groups in total. The molecule has 1 heterocycles. The molecule has 1 saturated carbocycles. The van der Waals surface area contributed by atoms with Gasteiger partial charge in [-0.05, 0) is 18.4 Å². The summed E-state index contributed by atoms with van der Waals surface area (Å²) < 4.78 is 0. The van der Waals surface area contributed by atoms with Crippen molar-refractivity contribution in [3.63, 3.8) is 0 Å². The lowest BCUT2D eigenvalue weighted by Gasteiger charge is -2.17. The van der Waals surface area contributed by atoms with E-state index in [1.807, 2.05) is 30.3 Å². The molecule has 0 radical (unpaired) electrons. The van der Waals surface area contributed by atoms with Crippen LogP contribution in [0.2, 0.25) is 0 Å². The third-order valence-electron chi connectivity index (χ3n) is 3.78. The van der Waals surface area contributed by atoms with Crippen molar-refractivity contribution in [2.45, 2.75) is 30.7 Å². The third kappa shape index (κ3) is 2.01. The minimum absolute atomic E-state index is 0.0371. The summed E-state index contributed by atoms with van der Waals surface area (Å²) in [5, 5.41) is 4.88. The van der Waals surface area contributed by atoms with Crippen LogP contribution in [0.25, 0.3) is 0 Å². The number of nitrogens with one attached hydrogen (secondary N) is 2. The molecule has 1 aromatic rings. The Bertz CT molecular complexity index is 549. The summed E-state index contributed by atoms with van der Waals surface area (Å²) in [5.41, 5.74) is 0.463. The van der Waals surface area contributed by atoms with E-state index in [1.165, 1.54) is 0 Å². The van der Waals surface area contributed by atoms with Crippen molar-refractivity contribution in [1.29, 1.82) is 0 Å². The second-order valence-corrected chi connectivity index (χ2v) is 5.09. The molecule has 19 heavy (non-hydrogen) atoms. The molecule has 98 valence electrons. The van der Waals surface area contributed by atoms with Crippen molar-refractivity contribution < 1.29 is 14.4 Å². The van der Waals surface area contributed by atoms with E-state index in [0.29, 0.717) is 0 Å². The monoisotopic (exact) mass is 258 g/mol. The fourth-order valence-electron chi connectivity index (χ4n) is 2.50. The fraction of sp³-hybridized carbons (Fsp3) is 0.357. The molecule has 1 aromatic carbocycles. The number of amides is 3. The van der Waals surface area contributed by atoms with Crippen LogP contribution in [0.4, 0.5) is 0 Å². The van der Waals surface area contributed by atoms with Gasteiger partial charge < -0.3 is 5.32 Å². The van der Waals surface area contributed by atoms with E-state index >= 15 is 0 Å². The Kier molecular flexibility index (Phi) is 2.62. The molecule has 1 saturated heterocycles. The second-order valence-electron chi connectivity index (χ2n) is 5.09. The van der Waals surface area contributed by atoms with Crippen LogP contribution in [0.5, 0.6) is 0 Å². The lowest BCUT2D eigenvalue weighted by molar-refractivity contribution is -0.129. The first-order valence-electron chi connectivity index (χ1n) is 6.32. The van der Waals surface area contributed by atoms with E-state index in [0.717, 1.165) is 18.4 Å². The summed E-state index contributed by atoms with van der Waals surface area (Å²) in [4.78, 5) is 34.9. The number of rotatable bonds is 3. The van der Waals surface area contributed by atoms with Gasteiger partial charge in [0.25, 0.3) is 0 Å². The zero-order valence-electron chi connectivity index (χ0n) is 10.3. The van der Waals surface area contributed by atoms with Crippen LogP contribution in [0.15, 0.2) is 30.3 Å². The zero-order chi connectivity index (χ0) is 13.5. The minimum atomic E-state index is -0.721. The fourth-order valence-corrected chi connectivity index (χ4v) is 2.50. The maximum atomic E-state index is 12.3. The number of carbonyl (C=O) groups is 3. The second kappa shape index (κ2) is 4.19. The smallest absolute Gasteiger partial charge is 0.249 e. The Hall–Kier alpha value is -2.17. The Morgan fingerprint density at radius 3 is 2.42 bits per heavy atom. The molecule has 3 rings (SSSR count). The van der Waals surface area contributed by atoms with Crippen LogP contribution in [0.3, 0.4) is 0 Å². The molecule has 5 nitrogen and oxygen atoms in total. The molecule has 1 aliphatic carbocycles. The quantitative estimate of drug-likeness (QED) is 0.763. The highest BCUT2D eigenvalue weighted by Gasteiger charge is 2.52. The third-order valence-corrected chi connectivity index (χ3v) is 3.78. The Labute approximate surface area is 110 Å². The molecule has 2 aliphatic rings. The number of hydrogen-bond acceptors (Lipinski definition) is 3. The summed E-state index contributed by atoms with van der Waals surface area (Å²) in [6, 6.07) is 8.82. The van der Waals surface area contributed by atoms with E-state index < -0.39 is 17.4 Å². The van der Waals surface area contributed by atoms with Gasteiger partial charge in [0.2, 0.25) is 17.7 Å². The predicted molar refractivity (Wildman–Crippen MR) is 67.1 cm³/mol. The molecule has 2 fully saturated rings. The molecule has 3 amide bonds. The molecule has 1 aliphatic heterocycles. The van der Waals surface area contributed by atoms with Crippen molar-refractivity contribution in [1.82, 2.24) is 10.6 Å². The minimum Gasteiger partial charge on any atom is -0.343 e. The van der Waals surface area contributed by atoms with Gasteiger partial charge in [-0.25, -0.2) is 0 Å². The lowest BCUT2D eigenvalue weighted by Crippen LogP contribution is -2.45. The standard InChI is InChI=1S/C14H14N2O3/c17-11-8-10(12(18)16-11)15-13(19)14(6-7-14)9-4-2-1-3-5-9/h1-5,10H,6-8H2,(H,15,19)(H,16,17,18). The molecular weight excluding hydrogens is 244 g/mol. The van der Waals surface area contributed by atoms with E-state index in [4.69, 9.17) is 0 Å². The van der Waals surface area contributed by atoms with Crippen LogP contribution in [-0.4, -0.2) is 23.8 Å². The van der Waals surface area contributed by atoms with Crippen LogP contribution in [0, 0.1) is 0 Å². The van der Waals surface area contributed by atoms with Gasteiger partial charge >= 0.3 is 0 Å². The van der Waals surface area contributed by atoms with Crippen LogP contribution in [0.1, 0.15) is 24.8 Å². The average Bonchev–Trinajstić information content (AvgIpc) is 3.14. The van der Waals surface area contributed by atoms with E-state index in [-0.39, 0.29) is 18.2 Å². The Morgan fingerprint density at radius 2 is 1.89 bits per heavy atom. The SMILES string of the molecule is O=C1CC(NC(=O)C2(c3ccccc3)CC2)C(=O)N1. The predicted octanol–water partition coefficient (Wildman–Crippen LogP) is 0.249. The molecule has 0 bridgehead atoms. The van der Waals surface area contributed by atoms with Crippen LogP contribution in [-0.2, 0) is 19.8 Å². The summed E-state index contributed by atoms with van der Waals surface area (Å²) in [6.45, 7) is 0. The number of benzene rings is 1. The summed E-state index contributed by atoms with van der Waals surface area (Å²) >= 11 is 0. The molecule has 0 aromatic heterocycles. The van der Waals surface area contributed by atoms with E-state index in [1.54, 1.807) is 0 Å². The van der Waals surface area contributed by atoms with Crippen LogP contribution < -0.4 is 10.6 Å². The number of hydrogen-bond donors (Lipinski definition) is 2. The highest BCUT2D eigenvalue weighted by Crippen LogP contribution is 2.48. The van der Waals surface area contributed by atoms with Gasteiger partial charge in [-0.15, -0.1) is 0 Å². The van der Waals surface area contributed by atoms with Crippen LogP contribution >= 0.6 is 0 Å². The molecule has 0 spiro atoms. The maximum Gasteiger partial charge on any atom is 0.249 e. The van der Waals surface area contributed by atoms with Gasteiger partial charge in [0.15, 0.2) is 0 Å². The lowest BCUT2D eigenvalue weighted by atomic mass is 9.94. The average molecular weight is 258 g/mol. The normalized spacial score (nSPS) is 23.9. The van der Waals surface area contributed by atoms with E-state index in [2.05, 4.69) is 10.6 Å². The van der Waals surface area contributed by atoms with Gasteiger partial charge in [0.05, 0.1) is 11.8 Å².